The van der Waals surface area contributed by atoms with Crippen molar-refractivity contribution in [2.45, 2.75) is 25.8 Å². The minimum absolute atomic E-state index is 0.194. The first kappa shape index (κ1) is 18.0. The highest BCUT2D eigenvalue weighted by Crippen LogP contribution is 2.25. The van der Waals surface area contributed by atoms with Crippen LogP contribution in [0.25, 0.3) is 0 Å². The second kappa shape index (κ2) is 8.08. The molecule has 0 saturated heterocycles. The predicted molar refractivity (Wildman–Crippen MR) is 107 cm³/mol. The zero-order valence-electron chi connectivity index (χ0n) is 15.4. The monoisotopic (exact) mass is 375 g/mol. The van der Waals surface area contributed by atoms with Crippen LogP contribution in [0.2, 0.25) is 0 Å². The minimum atomic E-state index is -0.337. The molecule has 1 aromatic heterocycles. The van der Waals surface area contributed by atoms with Gasteiger partial charge in [0.25, 0.3) is 11.5 Å². The van der Waals surface area contributed by atoms with E-state index in [4.69, 9.17) is 4.74 Å². The Kier molecular flexibility index (Phi) is 5.19. The summed E-state index contributed by atoms with van der Waals surface area (Å²) in [6.07, 6.45) is 3.30. The number of aromatic nitrogens is 2. The number of rotatable bonds is 6. The molecule has 142 valence electrons. The van der Waals surface area contributed by atoms with E-state index in [0.29, 0.717) is 0 Å². The van der Waals surface area contributed by atoms with Gasteiger partial charge in [-0.3, -0.25) is 9.59 Å². The SMILES string of the molecule is O=C(Nc1ccc2c(c1)CCC2)c1ccc(=O)n(CCOc2ccccc2)n1. The van der Waals surface area contributed by atoms with Crippen LogP contribution in [0.3, 0.4) is 0 Å². The fourth-order valence-corrected chi connectivity index (χ4v) is 3.34. The van der Waals surface area contributed by atoms with Crippen LogP contribution in [-0.2, 0) is 19.4 Å². The molecule has 0 saturated carbocycles. The highest BCUT2D eigenvalue weighted by Gasteiger charge is 2.14. The molecular formula is C22H21N3O3. The van der Waals surface area contributed by atoms with Gasteiger partial charge in [0.2, 0.25) is 0 Å². The molecule has 6 nitrogen and oxygen atoms in total. The number of anilines is 1. The molecule has 6 heteroatoms. The molecule has 4 rings (SSSR count). The van der Waals surface area contributed by atoms with E-state index in [1.54, 1.807) is 0 Å². The molecule has 1 amide bonds. The smallest absolute Gasteiger partial charge is 0.276 e. The van der Waals surface area contributed by atoms with Crippen molar-refractivity contribution < 1.29 is 9.53 Å². The Labute approximate surface area is 162 Å². The first-order valence-corrected chi connectivity index (χ1v) is 9.38. The molecule has 28 heavy (non-hydrogen) atoms. The average molecular weight is 375 g/mol. The lowest BCUT2D eigenvalue weighted by Gasteiger charge is -2.10. The Balaban J connectivity index is 1.42. The maximum atomic E-state index is 12.6. The van der Waals surface area contributed by atoms with Gasteiger partial charge in [-0.25, -0.2) is 4.68 Å². The number of hydrogen-bond acceptors (Lipinski definition) is 4. The fraction of sp³-hybridized carbons (Fsp3) is 0.227. The standard InChI is InChI=1S/C22H21N3O3/c26-21-12-11-20(24-25(21)13-14-28-19-7-2-1-3-8-19)22(27)23-18-10-9-16-5-4-6-17(16)15-18/h1-3,7-12,15H,4-6,13-14H2,(H,23,27). The van der Waals surface area contributed by atoms with Crippen molar-refractivity contribution in [3.05, 3.63) is 87.8 Å². The largest absolute Gasteiger partial charge is 0.492 e. The molecule has 1 aliphatic rings. The topological polar surface area (TPSA) is 73.2 Å². The molecule has 1 heterocycles. The molecule has 0 atom stereocenters. The van der Waals surface area contributed by atoms with E-state index >= 15 is 0 Å². The second-order valence-electron chi connectivity index (χ2n) is 6.73. The van der Waals surface area contributed by atoms with Gasteiger partial charge in [-0.15, -0.1) is 0 Å². The Bertz CT molecular complexity index is 1040. The number of nitrogens with one attached hydrogen (secondary N) is 1. The summed E-state index contributed by atoms with van der Waals surface area (Å²) in [6, 6.07) is 18.1. The Morgan fingerprint density at radius 3 is 2.71 bits per heavy atom. The molecule has 0 aliphatic heterocycles. The van der Waals surface area contributed by atoms with Crippen LogP contribution in [0.4, 0.5) is 5.69 Å². The summed E-state index contributed by atoms with van der Waals surface area (Å²) in [5.41, 5.74) is 3.31. The third-order valence-corrected chi connectivity index (χ3v) is 4.77. The van der Waals surface area contributed by atoms with Crippen molar-refractivity contribution in [1.29, 1.82) is 0 Å². The molecule has 3 aromatic rings. The molecule has 0 unspecified atom stereocenters. The van der Waals surface area contributed by atoms with Gasteiger partial charge in [0.05, 0.1) is 6.54 Å². The molecule has 0 spiro atoms. The van der Waals surface area contributed by atoms with Gasteiger partial charge >= 0.3 is 0 Å². The van der Waals surface area contributed by atoms with Crippen LogP contribution in [0, 0.1) is 0 Å². The molecule has 0 fully saturated rings. The third-order valence-electron chi connectivity index (χ3n) is 4.77. The van der Waals surface area contributed by atoms with E-state index in [1.165, 1.54) is 27.9 Å². The van der Waals surface area contributed by atoms with E-state index in [1.807, 2.05) is 42.5 Å². The lowest BCUT2D eigenvalue weighted by molar-refractivity contribution is 0.101. The number of ether oxygens (including phenoxy) is 1. The molecule has 1 N–H and O–H groups in total. The number of benzene rings is 2. The second-order valence-corrected chi connectivity index (χ2v) is 6.73. The molecule has 2 aromatic carbocycles. The lowest BCUT2D eigenvalue weighted by Crippen LogP contribution is -2.28. The number of amides is 1. The van der Waals surface area contributed by atoms with Crippen LogP contribution in [0.1, 0.15) is 28.0 Å². The predicted octanol–water partition coefficient (Wildman–Crippen LogP) is 3.06. The fourth-order valence-electron chi connectivity index (χ4n) is 3.34. The van der Waals surface area contributed by atoms with Crippen LogP contribution < -0.4 is 15.6 Å². The molecule has 0 bridgehead atoms. The summed E-state index contributed by atoms with van der Waals surface area (Å²) < 4.78 is 6.85. The van der Waals surface area contributed by atoms with Gasteiger partial charge < -0.3 is 10.1 Å². The molecular weight excluding hydrogens is 354 g/mol. The summed E-state index contributed by atoms with van der Waals surface area (Å²) >= 11 is 0. The van der Waals surface area contributed by atoms with E-state index in [-0.39, 0.29) is 30.3 Å². The number of carbonyl (C=O) groups is 1. The zero-order valence-corrected chi connectivity index (χ0v) is 15.4. The van der Waals surface area contributed by atoms with E-state index in [0.717, 1.165) is 30.7 Å². The normalized spacial score (nSPS) is 12.4. The lowest BCUT2D eigenvalue weighted by atomic mass is 10.1. The van der Waals surface area contributed by atoms with Gasteiger partial charge in [0, 0.05) is 11.8 Å². The summed E-state index contributed by atoms with van der Waals surface area (Å²) in [6.45, 7) is 0.542. The average Bonchev–Trinajstić information content (AvgIpc) is 3.18. The van der Waals surface area contributed by atoms with Crippen molar-refractivity contribution in [2.75, 3.05) is 11.9 Å². The van der Waals surface area contributed by atoms with Crippen LogP contribution in [0.15, 0.2) is 65.5 Å². The summed E-state index contributed by atoms with van der Waals surface area (Å²) in [5, 5.41) is 7.05. The zero-order chi connectivity index (χ0) is 19.3. The van der Waals surface area contributed by atoms with E-state index < -0.39 is 0 Å². The number of carbonyl (C=O) groups excluding carboxylic acids is 1. The quantitative estimate of drug-likeness (QED) is 0.719. The van der Waals surface area contributed by atoms with E-state index in [9.17, 15) is 9.59 Å². The first-order valence-electron chi connectivity index (χ1n) is 9.38. The Hall–Kier alpha value is -3.41. The van der Waals surface area contributed by atoms with Gasteiger partial charge in [-0.2, -0.15) is 5.10 Å². The van der Waals surface area contributed by atoms with Gasteiger partial charge in [-0.05, 0) is 60.7 Å². The molecule has 1 aliphatic carbocycles. The number of aryl methyl sites for hydroxylation is 2. The number of para-hydroxylation sites is 1. The minimum Gasteiger partial charge on any atom is -0.492 e. The van der Waals surface area contributed by atoms with Crippen molar-refractivity contribution >= 4 is 11.6 Å². The number of fused-ring (bicyclic) bond motifs is 1. The summed E-state index contributed by atoms with van der Waals surface area (Å²) in [7, 11) is 0. The van der Waals surface area contributed by atoms with Crippen molar-refractivity contribution in [3.63, 3.8) is 0 Å². The van der Waals surface area contributed by atoms with Crippen LogP contribution in [-0.4, -0.2) is 22.3 Å². The Morgan fingerprint density at radius 1 is 1.04 bits per heavy atom. The van der Waals surface area contributed by atoms with Gasteiger partial charge in [0.15, 0.2) is 0 Å². The van der Waals surface area contributed by atoms with Crippen molar-refractivity contribution in [1.82, 2.24) is 9.78 Å². The van der Waals surface area contributed by atoms with Crippen LogP contribution >= 0.6 is 0 Å². The van der Waals surface area contributed by atoms with Crippen LogP contribution in [0.5, 0.6) is 5.75 Å². The third kappa shape index (κ3) is 4.11. The highest BCUT2D eigenvalue weighted by atomic mass is 16.5. The number of hydrogen-bond donors (Lipinski definition) is 1. The van der Waals surface area contributed by atoms with Gasteiger partial charge in [0.1, 0.15) is 18.1 Å². The number of nitrogens with zero attached hydrogens (tertiary/aromatic N) is 2. The van der Waals surface area contributed by atoms with Crippen molar-refractivity contribution in [3.8, 4) is 5.75 Å². The Morgan fingerprint density at radius 2 is 1.86 bits per heavy atom. The highest BCUT2D eigenvalue weighted by molar-refractivity contribution is 6.02. The first-order chi connectivity index (χ1) is 13.7. The summed E-state index contributed by atoms with van der Waals surface area (Å²) in [4.78, 5) is 24.6. The maximum absolute atomic E-state index is 12.6. The van der Waals surface area contributed by atoms with Gasteiger partial charge in [-0.1, -0.05) is 24.3 Å². The van der Waals surface area contributed by atoms with Crippen molar-refractivity contribution in [2.24, 2.45) is 0 Å². The molecule has 0 radical (unpaired) electrons. The maximum Gasteiger partial charge on any atom is 0.276 e. The summed E-state index contributed by atoms with van der Waals surface area (Å²) in [5.74, 6) is 0.386. The van der Waals surface area contributed by atoms with E-state index in [2.05, 4.69) is 16.5 Å².